The maximum Gasteiger partial charge on any atom is 0.128 e. The van der Waals surface area contributed by atoms with E-state index in [0.717, 1.165) is 72.8 Å². The van der Waals surface area contributed by atoms with Crippen LogP contribution < -0.4 is 5.19 Å². The zero-order valence-corrected chi connectivity index (χ0v) is 32.5. The summed E-state index contributed by atoms with van der Waals surface area (Å²) in [6.45, 7) is 11.7. The third-order valence-corrected chi connectivity index (χ3v) is 10.9. The average Bonchev–Trinajstić information content (AvgIpc) is 3.51. The smallest absolute Gasteiger partial charge is 0.128 e. The van der Waals surface area contributed by atoms with Crippen molar-refractivity contribution < 1.29 is 24.5 Å². The molecule has 0 N–H and O–H groups in total. The first-order valence-corrected chi connectivity index (χ1v) is 20.5. The molecule has 0 aliphatic carbocycles. The summed E-state index contributed by atoms with van der Waals surface area (Å²) in [5.41, 5.74) is 9.33. The van der Waals surface area contributed by atoms with Crippen molar-refractivity contribution in [2.45, 2.75) is 39.9 Å². The minimum atomic E-state index is -1.34. The number of hydrogen-bond donors (Lipinski definition) is 0. The molecular formula is C45H40IrN2OSi-2. The van der Waals surface area contributed by atoms with Gasteiger partial charge in [0, 0.05) is 43.4 Å². The van der Waals surface area contributed by atoms with Crippen LogP contribution in [-0.4, -0.2) is 18.0 Å². The van der Waals surface area contributed by atoms with Crippen molar-refractivity contribution in [2.24, 2.45) is 5.92 Å². The summed E-state index contributed by atoms with van der Waals surface area (Å²) in [5.74, 6) is 0.667. The Bertz CT molecular complexity index is 2380. The third-order valence-electron chi connectivity index (χ3n) is 8.84. The van der Waals surface area contributed by atoms with Gasteiger partial charge in [-0.15, -0.1) is 54.1 Å². The number of aromatic nitrogens is 2. The molecule has 8 aromatic rings. The summed E-state index contributed by atoms with van der Waals surface area (Å²) in [5, 5.41) is 5.97. The Morgan fingerprint density at radius 3 is 2.12 bits per heavy atom. The number of hydrogen-bond acceptors (Lipinski definition) is 3. The summed E-state index contributed by atoms with van der Waals surface area (Å²) in [6, 6.07) is 48.0. The van der Waals surface area contributed by atoms with Gasteiger partial charge in [-0.1, -0.05) is 135 Å². The predicted molar refractivity (Wildman–Crippen MR) is 209 cm³/mol. The molecule has 0 atom stereocenters. The van der Waals surface area contributed by atoms with Crippen molar-refractivity contribution in [3.8, 4) is 33.6 Å². The Morgan fingerprint density at radius 1 is 0.660 bits per heavy atom. The van der Waals surface area contributed by atoms with Gasteiger partial charge in [0.25, 0.3) is 0 Å². The normalized spacial score (nSPS) is 11.4. The van der Waals surface area contributed by atoms with Crippen LogP contribution in [0.4, 0.5) is 0 Å². The van der Waals surface area contributed by atoms with Crippen LogP contribution in [0.3, 0.4) is 0 Å². The standard InChI is InChI=1S/C27H16NO.C18H24NSi.Ir/c1-2-8-18(9-3-1)21-12-6-13-22-23-14-7-15-24(27(23)29-26(21)22)25-16-19-10-4-5-11-20(19)17-28-25;1-14(2)11-16-12-17(15-9-7-6-8-10-15)19-13-18(16)20(3,4)5;/h1-14,16-17H;6-9,12-14H,11H2,1-5H3;/q2*-1;. The van der Waals surface area contributed by atoms with Crippen molar-refractivity contribution in [2.75, 3.05) is 0 Å². The number of furan rings is 1. The second kappa shape index (κ2) is 15.1. The molecule has 8 rings (SSSR count). The fourth-order valence-corrected chi connectivity index (χ4v) is 8.09. The van der Waals surface area contributed by atoms with E-state index < -0.39 is 8.07 Å². The number of rotatable bonds is 6. The van der Waals surface area contributed by atoms with Crippen molar-refractivity contribution in [1.29, 1.82) is 0 Å². The molecule has 251 valence electrons. The average molecular weight is 845 g/mol. The SMILES string of the molecule is CC(C)Cc1cc(-c2[c-]cccc2)ncc1[Si](C)(C)C.[Ir].[c-]1ccc2c(oc3c(-c4ccccc4)cccc32)c1-c1cc2ccccc2cn1. The molecule has 5 heteroatoms. The Hall–Kier alpha value is -4.67. The number of fused-ring (bicyclic) bond motifs is 4. The summed E-state index contributed by atoms with van der Waals surface area (Å²) < 4.78 is 6.46. The molecule has 0 unspecified atom stereocenters. The Balaban J connectivity index is 0.000000182. The van der Waals surface area contributed by atoms with Gasteiger partial charge < -0.3 is 14.4 Å². The van der Waals surface area contributed by atoms with Gasteiger partial charge in [-0.3, -0.25) is 0 Å². The van der Waals surface area contributed by atoms with Gasteiger partial charge in [0.1, 0.15) is 5.58 Å². The molecule has 3 nitrogen and oxygen atoms in total. The van der Waals surface area contributed by atoms with Crippen LogP contribution in [0.5, 0.6) is 0 Å². The zero-order valence-electron chi connectivity index (χ0n) is 29.1. The van der Waals surface area contributed by atoms with Gasteiger partial charge in [0.05, 0.1) is 13.7 Å². The maximum absolute atomic E-state index is 6.46. The van der Waals surface area contributed by atoms with E-state index in [0.29, 0.717) is 5.92 Å². The van der Waals surface area contributed by atoms with E-state index in [1.54, 1.807) is 0 Å². The Labute approximate surface area is 309 Å². The molecule has 0 amide bonds. The van der Waals surface area contributed by atoms with E-state index in [1.807, 2.05) is 48.7 Å². The van der Waals surface area contributed by atoms with Crippen LogP contribution in [0.25, 0.3) is 66.4 Å². The van der Waals surface area contributed by atoms with Crippen LogP contribution >= 0.6 is 0 Å². The van der Waals surface area contributed by atoms with Crippen LogP contribution in [-0.2, 0) is 26.5 Å². The Kier molecular flexibility index (Phi) is 10.6. The Morgan fingerprint density at radius 2 is 1.38 bits per heavy atom. The number of nitrogens with zero attached hydrogens (tertiary/aromatic N) is 2. The largest absolute Gasteiger partial charge is 0.500 e. The molecule has 0 aliphatic heterocycles. The van der Waals surface area contributed by atoms with Crippen LogP contribution in [0.2, 0.25) is 19.6 Å². The van der Waals surface area contributed by atoms with Crippen molar-refractivity contribution >= 4 is 46.0 Å². The van der Waals surface area contributed by atoms with E-state index in [4.69, 9.17) is 4.42 Å². The first kappa shape index (κ1) is 35.2. The van der Waals surface area contributed by atoms with E-state index in [9.17, 15) is 0 Å². The van der Waals surface area contributed by atoms with Crippen LogP contribution in [0.1, 0.15) is 19.4 Å². The zero-order chi connectivity index (χ0) is 34.0. The molecule has 0 aliphatic rings. The van der Waals surface area contributed by atoms with E-state index in [1.165, 1.54) is 10.8 Å². The molecule has 3 heterocycles. The topological polar surface area (TPSA) is 38.9 Å². The van der Waals surface area contributed by atoms with Crippen molar-refractivity contribution in [3.05, 3.63) is 151 Å². The maximum atomic E-state index is 6.46. The van der Waals surface area contributed by atoms with Crippen LogP contribution in [0, 0.1) is 18.1 Å². The first-order valence-electron chi connectivity index (χ1n) is 17.0. The number of para-hydroxylation sites is 1. The summed E-state index contributed by atoms with van der Waals surface area (Å²) in [4.78, 5) is 9.37. The molecule has 3 aromatic heterocycles. The molecule has 0 saturated carbocycles. The molecule has 0 fully saturated rings. The van der Waals surface area contributed by atoms with Crippen LogP contribution in [0.15, 0.2) is 138 Å². The quantitative estimate of drug-likeness (QED) is 0.124. The summed E-state index contributed by atoms with van der Waals surface area (Å²) >= 11 is 0. The van der Waals surface area contributed by atoms with Crippen molar-refractivity contribution in [1.82, 2.24) is 9.97 Å². The van der Waals surface area contributed by atoms with E-state index >= 15 is 0 Å². The molecule has 0 bridgehead atoms. The molecular weight excluding hydrogens is 805 g/mol. The molecule has 50 heavy (non-hydrogen) atoms. The summed E-state index contributed by atoms with van der Waals surface area (Å²) in [6.07, 6.45) is 5.15. The van der Waals surface area contributed by atoms with Crippen molar-refractivity contribution in [3.63, 3.8) is 0 Å². The first-order chi connectivity index (χ1) is 23.8. The van der Waals surface area contributed by atoms with Gasteiger partial charge in [0.2, 0.25) is 0 Å². The number of benzene rings is 5. The monoisotopic (exact) mass is 845 g/mol. The van der Waals surface area contributed by atoms with Gasteiger partial charge in [-0.05, 0) is 45.2 Å². The number of pyridine rings is 2. The summed E-state index contributed by atoms with van der Waals surface area (Å²) in [7, 11) is -1.34. The van der Waals surface area contributed by atoms with Gasteiger partial charge in [0.15, 0.2) is 0 Å². The molecule has 0 saturated heterocycles. The van der Waals surface area contributed by atoms with E-state index in [-0.39, 0.29) is 20.1 Å². The second-order valence-corrected chi connectivity index (χ2v) is 19.1. The second-order valence-electron chi connectivity index (χ2n) is 14.0. The van der Waals surface area contributed by atoms with E-state index in [2.05, 4.69) is 141 Å². The molecule has 0 spiro atoms. The minimum absolute atomic E-state index is 0. The fourth-order valence-electron chi connectivity index (χ4n) is 6.50. The third kappa shape index (κ3) is 7.41. The molecule has 5 aromatic carbocycles. The minimum Gasteiger partial charge on any atom is -0.500 e. The van der Waals surface area contributed by atoms with Gasteiger partial charge in [-0.2, -0.15) is 0 Å². The fraction of sp³-hybridized carbons (Fsp3) is 0.156. The predicted octanol–water partition coefficient (Wildman–Crippen LogP) is 11.6. The molecule has 1 radical (unpaired) electrons. The van der Waals surface area contributed by atoms with Gasteiger partial charge >= 0.3 is 0 Å². The van der Waals surface area contributed by atoms with Gasteiger partial charge in [-0.25, -0.2) is 0 Å².